The van der Waals surface area contributed by atoms with Gasteiger partial charge >= 0.3 is 5.97 Å². The Kier molecular flexibility index (Phi) is 8.44. The van der Waals surface area contributed by atoms with Crippen molar-refractivity contribution in [1.29, 1.82) is 0 Å². The Hall–Kier alpha value is -1.24. The average molecular weight is 360 g/mol. The van der Waals surface area contributed by atoms with Crippen molar-refractivity contribution in [2.24, 2.45) is 4.99 Å². The number of thioether (sulfide) groups is 1. The van der Waals surface area contributed by atoms with E-state index in [2.05, 4.69) is 4.99 Å². The molecule has 1 rings (SSSR count). The summed E-state index contributed by atoms with van der Waals surface area (Å²) in [6.07, 6.45) is 0.451. The Bertz CT molecular complexity index is 526. The molecule has 0 heterocycles. The molecule has 0 radical (unpaired) electrons. The van der Waals surface area contributed by atoms with E-state index in [-0.39, 0.29) is 6.54 Å². The molecule has 1 aromatic rings. The fraction of sp³-hybridized carbons (Fsp3) is 0.500. The molecule has 23 heavy (non-hydrogen) atoms. The van der Waals surface area contributed by atoms with Crippen molar-refractivity contribution in [2.75, 3.05) is 19.8 Å². The van der Waals surface area contributed by atoms with Crippen LogP contribution in [0.25, 0.3) is 0 Å². The molecular formula is C16H22ClNO4S. The standard InChI is InChI=1S/C16H22ClNO4S/c1-4-21-14(19)11-18-15(22-10-9-16(2,3)20)23-13-7-5-12(17)6-8-13/h5-8,20H,4,9-11H2,1-3H3. The van der Waals surface area contributed by atoms with Crippen LogP contribution in [0, 0.1) is 0 Å². The van der Waals surface area contributed by atoms with Gasteiger partial charge in [0.05, 0.1) is 18.8 Å². The van der Waals surface area contributed by atoms with Crippen LogP contribution in [0.15, 0.2) is 34.2 Å². The first-order valence-electron chi connectivity index (χ1n) is 7.29. The zero-order valence-electron chi connectivity index (χ0n) is 13.5. The van der Waals surface area contributed by atoms with Crippen molar-refractivity contribution >= 4 is 34.6 Å². The summed E-state index contributed by atoms with van der Waals surface area (Å²) < 4.78 is 10.4. The predicted octanol–water partition coefficient (Wildman–Crippen LogP) is 3.53. The molecule has 0 aliphatic heterocycles. The zero-order valence-corrected chi connectivity index (χ0v) is 15.1. The van der Waals surface area contributed by atoms with E-state index in [1.807, 2.05) is 12.1 Å². The van der Waals surface area contributed by atoms with Gasteiger partial charge in [-0.3, -0.25) is 4.79 Å². The number of benzene rings is 1. The highest BCUT2D eigenvalue weighted by Gasteiger charge is 2.14. The second-order valence-electron chi connectivity index (χ2n) is 5.35. The van der Waals surface area contributed by atoms with E-state index in [1.54, 1.807) is 32.9 Å². The molecule has 0 bridgehead atoms. The Labute approximate surface area is 146 Å². The molecule has 1 aromatic carbocycles. The minimum absolute atomic E-state index is 0.105. The van der Waals surface area contributed by atoms with Crippen molar-refractivity contribution in [3.63, 3.8) is 0 Å². The molecule has 0 saturated heterocycles. The SMILES string of the molecule is CCOC(=O)CN=C(OCCC(C)(C)O)Sc1ccc(Cl)cc1. The number of ether oxygens (including phenoxy) is 2. The first kappa shape index (κ1) is 19.8. The minimum atomic E-state index is -0.822. The summed E-state index contributed by atoms with van der Waals surface area (Å²) in [5.41, 5.74) is -0.822. The molecule has 0 saturated carbocycles. The lowest BCUT2D eigenvalue weighted by molar-refractivity contribution is -0.141. The van der Waals surface area contributed by atoms with Crippen LogP contribution in [0.2, 0.25) is 5.02 Å². The summed E-state index contributed by atoms with van der Waals surface area (Å²) in [4.78, 5) is 16.5. The van der Waals surface area contributed by atoms with Gasteiger partial charge in [0.25, 0.3) is 5.23 Å². The molecule has 0 atom stereocenters. The van der Waals surface area contributed by atoms with Gasteiger partial charge in [-0.1, -0.05) is 11.6 Å². The van der Waals surface area contributed by atoms with Crippen molar-refractivity contribution in [3.05, 3.63) is 29.3 Å². The van der Waals surface area contributed by atoms with Crippen LogP contribution in [0.4, 0.5) is 0 Å². The molecule has 128 valence electrons. The molecule has 7 heteroatoms. The number of carbonyl (C=O) groups is 1. The summed E-state index contributed by atoms with van der Waals surface area (Å²) >= 11 is 7.15. The maximum Gasteiger partial charge on any atom is 0.327 e. The topological polar surface area (TPSA) is 68.1 Å². The van der Waals surface area contributed by atoms with Crippen LogP contribution in [0.3, 0.4) is 0 Å². The number of aliphatic imine (C=N–C) groups is 1. The smallest absolute Gasteiger partial charge is 0.327 e. The summed E-state index contributed by atoms with van der Waals surface area (Å²) in [5, 5.41) is 10.7. The van der Waals surface area contributed by atoms with E-state index in [0.29, 0.717) is 29.9 Å². The predicted molar refractivity (Wildman–Crippen MR) is 93.1 cm³/mol. The number of esters is 1. The first-order chi connectivity index (χ1) is 10.8. The summed E-state index contributed by atoms with van der Waals surface area (Å²) in [6, 6.07) is 7.21. The van der Waals surface area contributed by atoms with Crippen LogP contribution < -0.4 is 0 Å². The maximum absolute atomic E-state index is 11.4. The van der Waals surface area contributed by atoms with Gasteiger partial charge in [-0.2, -0.15) is 0 Å². The summed E-state index contributed by atoms with van der Waals surface area (Å²) in [5.74, 6) is -0.409. The number of hydrogen-bond acceptors (Lipinski definition) is 6. The first-order valence-corrected chi connectivity index (χ1v) is 8.48. The van der Waals surface area contributed by atoms with Crippen LogP contribution in [-0.4, -0.2) is 41.7 Å². The maximum atomic E-state index is 11.4. The summed E-state index contributed by atoms with van der Waals surface area (Å²) in [7, 11) is 0. The third-order valence-corrected chi connectivity index (χ3v) is 3.78. The molecule has 0 aliphatic rings. The number of hydrogen-bond donors (Lipinski definition) is 1. The Morgan fingerprint density at radius 2 is 1.96 bits per heavy atom. The lowest BCUT2D eigenvalue weighted by Crippen LogP contribution is -2.22. The second kappa shape index (κ2) is 9.80. The number of carbonyl (C=O) groups excluding carboxylic acids is 1. The Balaban J connectivity index is 2.68. The van der Waals surface area contributed by atoms with E-state index in [0.717, 1.165) is 4.90 Å². The van der Waals surface area contributed by atoms with Crippen molar-refractivity contribution in [1.82, 2.24) is 0 Å². The van der Waals surface area contributed by atoms with E-state index in [9.17, 15) is 9.90 Å². The fourth-order valence-corrected chi connectivity index (χ4v) is 2.31. The monoisotopic (exact) mass is 359 g/mol. The molecular weight excluding hydrogens is 338 g/mol. The number of rotatable bonds is 7. The highest BCUT2D eigenvalue weighted by atomic mass is 35.5. The molecule has 5 nitrogen and oxygen atoms in total. The van der Waals surface area contributed by atoms with Gasteiger partial charge in [-0.05, 0) is 56.8 Å². The van der Waals surface area contributed by atoms with Gasteiger partial charge in [-0.25, -0.2) is 4.99 Å². The highest BCUT2D eigenvalue weighted by Crippen LogP contribution is 2.23. The lowest BCUT2D eigenvalue weighted by atomic mass is 10.1. The van der Waals surface area contributed by atoms with Gasteiger partial charge in [0, 0.05) is 16.3 Å². The largest absolute Gasteiger partial charge is 0.473 e. The third-order valence-electron chi connectivity index (χ3n) is 2.60. The van der Waals surface area contributed by atoms with Crippen molar-refractivity contribution < 1.29 is 19.4 Å². The van der Waals surface area contributed by atoms with Crippen LogP contribution in [0.1, 0.15) is 27.2 Å². The molecule has 0 aromatic heterocycles. The average Bonchev–Trinajstić information content (AvgIpc) is 2.46. The lowest BCUT2D eigenvalue weighted by Gasteiger charge is -2.17. The fourth-order valence-electron chi connectivity index (χ4n) is 1.43. The van der Waals surface area contributed by atoms with Crippen LogP contribution in [-0.2, 0) is 14.3 Å². The van der Waals surface area contributed by atoms with Crippen LogP contribution >= 0.6 is 23.4 Å². The molecule has 0 spiro atoms. The van der Waals surface area contributed by atoms with E-state index < -0.39 is 11.6 Å². The quantitative estimate of drug-likeness (QED) is 0.349. The Morgan fingerprint density at radius 1 is 1.30 bits per heavy atom. The number of aliphatic hydroxyl groups is 1. The minimum Gasteiger partial charge on any atom is -0.473 e. The molecule has 0 aliphatic carbocycles. The van der Waals surface area contributed by atoms with E-state index >= 15 is 0 Å². The zero-order chi connectivity index (χ0) is 17.3. The van der Waals surface area contributed by atoms with Gasteiger partial charge in [0.1, 0.15) is 6.54 Å². The molecule has 1 N–H and O–H groups in total. The highest BCUT2D eigenvalue weighted by molar-refractivity contribution is 8.13. The molecule has 0 unspecified atom stereocenters. The molecule has 0 fully saturated rings. The summed E-state index contributed by atoms with van der Waals surface area (Å²) in [6.45, 7) is 5.66. The van der Waals surface area contributed by atoms with Gasteiger partial charge in [0.15, 0.2) is 0 Å². The number of halogens is 1. The van der Waals surface area contributed by atoms with E-state index in [4.69, 9.17) is 21.1 Å². The third kappa shape index (κ3) is 9.48. The van der Waals surface area contributed by atoms with E-state index in [1.165, 1.54) is 11.8 Å². The second-order valence-corrected chi connectivity index (χ2v) is 6.82. The van der Waals surface area contributed by atoms with Gasteiger partial charge < -0.3 is 14.6 Å². The van der Waals surface area contributed by atoms with Crippen LogP contribution in [0.5, 0.6) is 0 Å². The van der Waals surface area contributed by atoms with Crippen molar-refractivity contribution in [2.45, 2.75) is 37.7 Å². The normalized spacial score (nSPS) is 12.1. The number of nitrogens with zero attached hydrogens (tertiary/aromatic N) is 1. The molecule has 0 amide bonds. The van der Waals surface area contributed by atoms with Gasteiger partial charge in [-0.15, -0.1) is 0 Å². The van der Waals surface area contributed by atoms with Gasteiger partial charge in [0.2, 0.25) is 0 Å². The Morgan fingerprint density at radius 3 is 2.52 bits per heavy atom. The van der Waals surface area contributed by atoms with Crippen molar-refractivity contribution in [3.8, 4) is 0 Å².